The van der Waals surface area contributed by atoms with Crippen LogP contribution in [-0.2, 0) is 4.74 Å². The molecule has 5 nitrogen and oxygen atoms in total. The molecule has 6 heteroatoms. The van der Waals surface area contributed by atoms with Crippen molar-refractivity contribution < 1.29 is 13.9 Å². The quantitative estimate of drug-likeness (QED) is 0.667. The summed E-state index contributed by atoms with van der Waals surface area (Å²) in [5.74, 6) is 0.0970. The molecule has 1 fully saturated rings. The molecular formula is C21H21BrN2O3. The van der Waals surface area contributed by atoms with Gasteiger partial charge in [-0.15, -0.1) is 0 Å². The van der Waals surface area contributed by atoms with Crippen LogP contribution in [0.15, 0.2) is 63.7 Å². The van der Waals surface area contributed by atoms with Crippen LogP contribution in [0.3, 0.4) is 0 Å². The minimum atomic E-state index is -0.209. The van der Waals surface area contributed by atoms with Crippen LogP contribution in [0.5, 0.6) is 0 Å². The lowest BCUT2D eigenvalue weighted by atomic mass is 9.97. The molecule has 1 aliphatic heterocycles. The largest absolute Gasteiger partial charge is 0.444 e. The Balaban J connectivity index is 1.61. The molecule has 1 saturated heterocycles. The van der Waals surface area contributed by atoms with Crippen molar-refractivity contribution in [3.8, 4) is 0 Å². The summed E-state index contributed by atoms with van der Waals surface area (Å²) < 4.78 is 11.4. The van der Waals surface area contributed by atoms with Gasteiger partial charge in [0.1, 0.15) is 0 Å². The summed E-state index contributed by atoms with van der Waals surface area (Å²) in [5, 5.41) is 5.45. The molecule has 0 radical (unpaired) electrons. The average Bonchev–Trinajstić information content (AvgIpc) is 3.15. The van der Waals surface area contributed by atoms with Gasteiger partial charge >= 0.3 is 0 Å². The molecule has 0 bridgehead atoms. The highest BCUT2D eigenvalue weighted by Gasteiger charge is 2.25. The highest BCUT2D eigenvalue weighted by Crippen LogP contribution is 2.29. The van der Waals surface area contributed by atoms with E-state index >= 15 is 0 Å². The van der Waals surface area contributed by atoms with Crippen molar-refractivity contribution in [2.24, 2.45) is 0 Å². The Morgan fingerprint density at radius 1 is 1.07 bits per heavy atom. The summed E-state index contributed by atoms with van der Waals surface area (Å²) in [5.41, 5.74) is 1.22. The molecule has 0 aliphatic carbocycles. The molecule has 0 saturated carbocycles. The highest BCUT2D eigenvalue weighted by atomic mass is 79.9. The van der Waals surface area contributed by atoms with Gasteiger partial charge in [-0.3, -0.25) is 9.69 Å². The molecule has 1 N–H and O–H groups in total. The van der Waals surface area contributed by atoms with E-state index in [0.29, 0.717) is 30.2 Å². The number of carbonyl (C=O) groups is 1. The maximum atomic E-state index is 12.5. The third kappa shape index (κ3) is 4.08. The molecule has 2 aromatic carbocycles. The van der Waals surface area contributed by atoms with Gasteiger partial charge in [0.2, 0.25) is 0 Å². The number of amides is 1. The first-order chi connectivity index (χ1) is 13.2. The SMILES string of the molecule is O=C(NCC(c1cccc2ccccc12)N1CCOCC1)c1ccc(Br)o1. The van der Waals surface area contributed by atoms with Gasteiger partial charge in [0.25, 0.3) is 5.91 Å². The fraction of sp³-hybridized carbons (Fsp3) is 0.286. The Kier molecular flexibility index (Phi) is 5.57. The van der Waals surface area contributed by atoms with Crippen molar-refractivity contribution in [3.05, 3.63) is 70.6 Å². The van der Waals surface area contributed by atoms with E-state index in [1.165, 1.54) is 16.3 Å². The number of furan rings is 1. The first kappa shape index (κ1) is 18.2. The number of carbonyl (C=O) groups excluding carboxylic acids is 1. The molecule has 1 amide bonds. The first-order valence-corrected chi connectivity index (χ1v) is 9.84. The van der Waals surface area contributed by atoms with Gasteiger partial charge in [0.15, 0.2) is 10.4 Å². The lowest BCUT2D eigenvalue weighted by Crippen LogP contribution is -2.43. The highest BCUT2D eigenvalue weighted by molar-refractivity contribution is 9.10. The van der Waals surface area contributed by atoms with E-state index in [4.69, 9.17) is 9.15 Å². The smallest absolute Gasteiger partial charge is 0.287 e. The van der Waals surface area contributed by atoms with Crippen LogP contribution in [-0.4, -0.2) is 43.7 Å². The molecule has 140 valence electrons. The van der Waals surface area contributed by atoms with E-state index in [1.807, 2.05) is 6.07 Å². The molecule has 1 unspecified atom stereocenters. The minimum absolute atomic E-state index is 0.0716. The summed E-state index contributed by atoms with van der Waals surface area (Å²) in [6, 6.07) is 18.2. The fourth-order valence-electron chi connectivity index (χ4n) is 3.58. The Labute approximate surface area is 166 Å². The number of fused-ring (bicyclic) bond motifs is 1. The topological polar surface area (TPSA) is 54.7 Å². The van der Waals surface area contributed by atoms with Crippen molar-refractivity contribution in [2.45, 2.75) is 6.04 Å². The number of hydrogen-bond acceptors (Lipinski definition) is 4. The maximum Gasteiger partial charge on any atom is 0.287 e. The normalized spacial score (nSPS) is 16.3. The van der Waals surface area contributed by atoms with Crippen LogP contribution in [0.4, 0.5) is 0 Å². The molecule has 2 heterocycles. The molecule has 0 spiro atoms. The van der Waals surface area contributed by atoms with Gasteiger partial charge in [-0.1, -0.05) is 42.5 Å². The fourth-order valence-corrected chi connectivity index (χ4v) is 3.89. The van der Waals surface area contributed by atoms with Crippen molar-refractivity contribution in [2.75, 3.05) is 32.8 Å². The second-order valence-electron chi connectivity index (χ2n) is 6.55. The molecule has 1 atom stereocenters. The van der Waals surface area contributed by atoms with E-state index < -0.39 is 0 Å². The third-order valence-corrected chi connectivity index (χ3v) is 5.35. The second kappa shape index (κ2) is 8.25. The Hall–Kier alpha value is -2.15. The summed E-state index contributed by atoms with van der Waals surface area (Å²) in [6.07, 6.45) is 0. The lowest BCUT2D eigenvalue weighted by Gasteiger charge is -2.35. The zero-order chi connectivity index (χ0) is 18.6. The first-order valence-electron chi connectivity index (χ1n) is 9.05. The predicted molar refractivity (Wildman–Crippen MR) is 108 cm³/mol. The van der Waals surface area contributed by atoms with E-state index in [9.17, 15) is 4.79 Å². The van der Waals surface area contributed by atoms with Gasteiger partial charge in [-0.2, -0.15) is 0 Å². The van der Waals surface area contributed by atoms with Crippen molar-refractivity contribution >= 4 is 32.6 Å². The Morgan fingerprint density at radius 3 is 2.63 bits per heavy atom. The zero-order valence-electron chi connectivity index (χ0n) is 14.9. The molecule has 3 aromatic rings. The summed E-state index contributed by atoms with van der Waals surface area (Å²) in [4.78, 5) is 14.8. The molecule has 27 heavy (non-hydrogen) atoms. The monoisotopic (exact) mass is 428 g/mol. The van der Waals surface area contributed by atoms with Gasteiger partial charge < -0.3 is 14.5 Å². The standard InChI is InChI=1S/C21H21BrN2O3/c22-20-9-8-19(27-20)21(25)23-14-18(24-10-12-26-13-11-24)17-7-3-5-15-4-1-2-6-16(15)17/h1-9,18H,10-14H2,(H,23,25). The summed E-state index contributed by atoms with van der Waals surface area (Å²) in [6.45, 7) is 3.61. The van der Waals surface area contributed by atoms with Crippen molar-refractivity contribution in [3.63, 3.8) is 0 Å². The summed E-state index contributed by atoms with van der Waals surface area (Å²) >= 11 is 3.24. The third-order valence-electron chi connectivity index (χ3n) is 4.92. The van der Waals surface area contributed by atoms with Crippen LogP contribution >= 0.6 is 15.9 Å². The Morgan fingerprint density at radius 2 is 1.85 bits per heavy atom. The number of nitrogens with one attached hydrogen (secondary N) is 1. The van der Waals surface area contributed by atoms with E-state index in [2.05, 4.69) is 62.5 Å². The van der Waals surface area contributed by atoms with Crippen LogP contribution < -0.4 is 5.32 Å². The molecule has 4 rings (SSSR count). The maximum absolute atomic E-state index is 12.5. The second-order valence-corrected chi connectivity index (χ2v) is 7.33. The van der Waals surface area contributed by atoms with Gasteiger partial charge in [0.05, 0.1) is 19.3 Å². The van der Waals surface area contributed by atoms with Crippen LogP contribution in [0.25, 0.3) is 10.8 Å². The van der Waals surface area contributed by atoms with Crippen molar-refractivity contribution in [1.29, 1.82) is 0 Å². The number of hydrogen-bond donors (Lipinski definition) is 1. The average molecular weight is 429 g/mol. The van der Waals surface area contributed by atoms with Gasteiger partial charge in [0, 0.05) is 19.6 Å². The number of morpholine rings is 1. The number of rotatable bonds is 5. The van der Waals surface area contributed by atoms with Gasteiger partial charge in [-0.05, 0) is 44.4 Å². The number of ether oxygens (including phenoxy) is 1. The van der Waals surface area contributed by atoms with Gasteiger partial charge in [-0.25, -0.2) is 0 Å². The van der Waals surface area contributed by atoms with E-state index in [1.54, 1.807) is 12.1 Å². The number of benzene rings is 2. The Bertz CT molecular complexity index is 929. The van der Waals surface area contributed by atoms with Crippen LogP contribution in [0.2, 0.25) is 0 Å². The number of halogens is 1. The van der Waals surface area contributed by atoms with Crippen LogP contribution in [0.1, 0.15) is 22.2 Å². The lowest BCUT2D eigenvalue weighted by molar-refractivity contribution is 0.0164. The molecule has 1 aliphatic rings. The number of nitrogens with zero attached hydrogens (tertiary/aromatic N) is 1. The summed E-state index contributed by atoms with van der Waals surface area (Å²) in [7, 11) is 0. The minimum Gasteiger partial charge on any atom is -0.444 e. The zero-order valence-corrected chi connectivity index (χ0v) is 16.4. The van der Waals surface area contributed by atoms with E-state index in [-0.39, 0.29) is 11.9 Å². The van der Waals surface area contributed by atoms with E-state index in [0.717, 1.165) is 13.1 Å². The van der Waals surface area contributed by atoms with Crippen LogP contribution in [0, 0.1) is 0 Å². The molecular weight excluding hydrogens is 408 g/mol. The molecule has 1 aromatic heterocycles. The predicted octanol–water partition coefficient (Wildman–Crippen LogP) is 4.00. The van der Waals surface area contributed by atoms with Crippen molar-refractivity contribution in [1.82, 2.24) is 10.2 Å².